The number of hydrogen-bond acceptors (Lipinski definition) is 3. The summed E-state index contributed by atoms with van der Waals surface area (Å²) in [6.07, 6.45) is 3.11. The van der Waals surface area contributed by atoms with Crippen LogP contribution in [0.1, 0.15) is 25.1 Å². The molecule has 1 amide bonds. The van der Waals surface area contributed by atoms with Crippen molar-refractivity contribution in [1.29, 1.82) is 0 Å². The molecule has 5 nitrogen and oxygen atoms in total. The number of hydrogen-bond donors (Lipinski definition) is 2. The Morgan fingerprint density at radius 2 is 2.29 bits per heavy atom. The minimum absolute atomic E-state index is 0.161. The largest absolute Gasteiger partial charge is 0.396 e. The number of rotatable bonds is 4. The highest BCUT2D eigenvalue weighted by Gasteiger charge is 2.22. The van der Waals surface area contributed by atoms with Crippen LogP contribution in [0.15, 0.2) is 24.3 Å². The van der Waals surface area contributed by atoms with Crippen molar-refractivity contribution in [3.05, 3.63) is 30.1 Å². The third-order valence-corrected chi connectivity index (χ3v) is 4.14. The van der Waals surface area contributed by atoms with E-state index >= 15 is 0 Å². The van der Waals surface area contributed by atoms with Crippen molar-refractivity contribution in [2.75, 3.05) is 19.7 Å². The van der Waals surface area contributed by atoms with Crippen LogP contribution in [-0.4, -0.2) is 45.6 Å². The van der Waals surface area contributed by atoms with Crippen LogP contribution in [-0.2, 0) is 11.2 Å². The summed E-state index contributed by atoms with van der Waals surface area (Å²) in [4.78, 5) is 21.9. The highest BCUT2D eigenvalue weighted by Crippen LogP contribution is 2.17. The maximum absolute atomic E-state index is 12.3. The first kappa shape index (κ1) is 14.1. The molecule has 0 spiro atoms. The van der Waals surface area contributed by atoms with Crippen molar-refractivity contribution in [2.24, 2.45) is 5.92 Å². The lowest BCUT2D eigenvalue weighted by Crippen LogP contribution is -2.41. The van der Waals surface area contributed by atoms with Crippen LogP contribution in [0.3, 0.4) is 0 Å². The van der Waals surface area contributed by atoms with E-state index in [1.807, 2.05) is 29.2 Å². The van der Waals surface area contributed by atoms with E-state index in [-0.39, 0.29) is 18.4 Å². The van der Waals surface area contributed by atoms with Crippen LogP contribution < -0.4 is 0 Å². The summed E-state index contributed by atoms with van der Waals surface area (Å²) < 4.78 is 0. The number of nitrogens with zero attached hydrogens (tertiary/aromatic N) is 2. The van der Waals surface area contributed by atoms with E-state index in [0.29, 0.717) is 19.4 Å². The quantitative estimate of drug-likeness (QED) is 0.899. The van der Waals surface area contributed by atoms with E-state index in [2.05, 4.69) is 9.97 Å². The molecular formula is C16H21N3O2. The fraction of sp³-hybridized carbons (Fsp3) is 0.500. The molecule has 3 rings (SSSR count). The lowest BCUT2D eigenvalue weighted by atomic mass is 9.99. The topological polar surface area (TPSA) is 69.2 Å². The maximum atomic E-state index is 12.3. The van der Waals surface area contributed by atoms with Gasteiger partial charge in [-0.1, -0.05) is 12.1 Å². The van der Waals surface area contributed by atoms with Crippen LogP contribution in [0.2, 0.25) is 0 Å². The monoisotopic (exact) mass is 287 g/mol. The van der Waals surface area contributed by atoms with Gasteiger partial charge in [0, 0.05) is 32.5 Å². The number of aliphatic hydroxyl groups excluding tert-OH is 1. The number of para-hydroxylation sites is 2. The molecule has 0 bridgehead atoms. The molecule has 2 N–H and O–H groups in total. The van der Waals surface area contributed by atoms with Crippen LogP contribution in [0.25, 0.3) is 11.0 Å². The number of H-pyrrole nitrogens is 1. The summed E-state index contributed by atoms with van der Waals surface area (Å²) in [5.74, 6) is 1.27. The van der Waals surface area contributed by atoms with Crippen molar-refractivity contribution < 1.29 is 9.90 Å². The van der Waals surface area contributed by atoms with Crippen molar-refractivity contribution >= 4 is 16.9 Å². The Hall–Kier alpha value is -1.88. The van der Waals surface area contributed by atoms with Gasteiger partial charge in [0.2, 0.25) is 5.91 Å². The number of aromatic nitrogens is 2. The molecule has 112 valence electrons. The van der Waals surface area contributed by atoms with E-state index in [4.69, 9.17) is 0 Å². The number of likely N-dealkylation sites (tertiary alicyclic amines) is 1. The number of nitrogens with one attached hydrogen (secondary N) is 1. The standard InChI is InChI=1S/C16H21N3O2/c20-11-12-4-3-9-19(10-12)16(21)8-7-15-17-13-5-1-2-6-14(13)18-15/h1-2,5-6,12,20H,3-4,7-11H2,(H,17,18). The predicted octanol–water partition coefficient (Wildman–Crippen LogP) is 1.73. The van der Waals surface area contributed by atoms with Crippen LogP contribution in [0, 0.1) is 5.92 Å². The molecule has 0 aliphatic carbocycles. The molecule has 1 aliphatic rings. The highest BCUT2D eigenvalue weighted by molar-refractivity contribution is 5.77. The summed E-state index contributed by atoms with van der Waals surface area (Å²) in [7, 11) is 0. The first-order valence-corrected chi connectivity index (χ1v) is 7.58. The second-order valence-electron chi connectivity index (χ2n) is 5.73. The van der Waals surface area contributed by atoms with Gasteiger partial charge in [0.05, 0.1) is 11.0 Å². The maximum Gasteiger partial charge on any atom is 0.223 e. The molecule has 5 heteroatoms. The fourth-order valence-corrected chi connectivity index (χ4v) is 2.95. The lowest BCUT2D eigenvalue weighted by molar-refractivity contribution is -0.133. The Labute approximate surface area is 124 Å². The van der Waals surface area contributed by atoms with Gasteiger partial charge in [-0.15, -0.1) is 0 Å². The number of carbonyl (C=O) groups excluding carboxylic acids is 1. The number of piperidine rings is 1. The first-order valence-electron chi connectivity index (χ1n) is 7.58. The van der Waals surface area contributed by atoms with Gasteiger partial charge in [-0.2, -0.15) is 0 Å². The number of imidazole rings is 1. The average Bonchev–Trinajstić information content (AvgIpc) is 2.95. The Balaban J connectivity index is 1.57. The molecule has 1 aromatic heterocycles. The van der Waals surface area contributed by atoms with Crippen molar-refractivity contribution in [3.8, 4) is 0 Å². The Kier molecular flexibility index (Phi) is 4.20. The number of aryl methyl sites for hydroxylation is 1. The highest BCUT2D eigenvalue weighted by atomic mass is 16.3. The van der Waals surface area contributed by atoms with Gasteiger partial charge in [-0.05, 0) is 30.9 Å². The van der Waals surface area contributed by atoms with E-state index in [1.54, 1.807) is 0 Å². The minimum atomic E-state index is 0.161. The third-order valence-electron chi connectivity index (χ3n) is 4.14. The van der Waals surface area contributed by atoms with Crippen LogP contribution in [0.4, 0.5) is 0 Å². The van der Waals surface area contributed by atoms with Gasteiger partial charge >= 0.3 is 0 Å². The summed E-state index contributed by atoms with van der Waals surface area (Å²) in [5, 5.41) is 9.23. The zero-order valence-corrected chi connectivity index (χ0v) is 12.1. The third kappa shape index (κ3) is 3.24. The SMILES string of the molecule is O=C(CCc1nc2ccccc2[nH]1)N1CCCC(CO)C1. The second kappa shape index (κ2) is 6.26. The van der Waals surface area contributed by atoms with Gasteiger partial charge in [0.1, 0.15) is 5.82 Å². The molecule has 0 radical (unpaired) electrons. The number of fused-ring (bicyclic) bond motifs is 1. The molecule has 0 saturated carbocycles. The molecule has 1 atom stereocenters. The van der Waals surface area contributed by atoms with Crippen LogP contribution in [0.5, 0.6) is 0 Å². The van der Waals surface area contributed by atoms with Gasteiger partial charge < -0.3 is 15.0 Å². The predicted molar refractivity (Wildman–Crippen MR) is 80.8 cm³/mol. The van der Waals surface area contributed by atoms with Crippen molar-refractivity contribution in [1.82, 2.24) is 14.9 Å². The summed E-state index contributed by atoms with van der Waals surface area (Å²) >= 11 is 0. The summed E-state index contributed by atoms with van der Waals surface area (Å²) in [6, 6.07) is 7.89. The molecule has 21 heavy (non-hydrogen) atoms. The van der Waals surface area contributed by atoms with Gasteiger partial charge in [-0.3, -0.25) is 4.79 Å². The van der Waals surface area contributed by atoms with Crippen LogP contribution >= 0.6 is 0 Å². The van der Waals surface area contributed by atoms with E-state index in [9.17, 15) is 9.90 Å². The number of amides is 1. The Morgan fingerprint density at radius 1 is 1.43 bits per heavy atom. The molecule has 1 unspecified atom stereocenters. The molecule has 2 aromatic rings. The molecule has 1 fully saturated rings. The smallest absolute Gasteiger partial charge is 0.223 e. The molecule has 1 saturated heterocycles. The zero-order valence-electron chi connectivity index (χ0n) is 12.1. The average molecular weight is 287 g/mol. The zero-order chi connectivity index (χ0) is 14.7. The van der Waals surface area contributed by atoms with Gasteiger partial charge in [0.25, 0.3) is 0 Å². The number of aromatic amines is 1. The second-order valence-corrected chi connectivity index (χ2v) is 5.73. The van der Waals surface area contributed by atoms with Gasteiger partial charge in [0.15, 0.2) is 0 Å². The molecule has 2 heterocycles. The molecular weight excluding hydrogens is 266 g/mol. The Bertz CT molecular complexity index is 590. The number of carbonyl (C=O) groups is 1. The Morgan fingerprint density at radius 3 is 3.10 bits per heavy atom. The molecule has 1 aromatic carbocycles. The van der Waals surface area contributed by atoms with Crippen molar-refractivity contribution in [3.63, 3.8) is 0 Å². The van der Waals surface area contributed by atoms with Crippen molar-refractivity contribution in [2.45, 2.75) is 25.7 Å². The fourth-order valence-electron chi connectivity index (χ4n) is 2.95. The lowest BCUT2D eigenvalue weighted by Gasteiger charge is -2.31. The van der Waals surface area contributed by atoms with E-state index in [0.717, 1.165) is 36.2 Å². The summed E-state index contributed by atoms with van der Waals surface area (Å²) in [6.45, 7) is 1.68. The number of benzene rings is 1. The van der Waals surface area contributed by atoms with Gasteiger partial charge in [-0.25, -0.2) is 4.98 Å². The normalized spacial score (nSPS) is 19.1. The first-order chi connectivity index (χ1) is 10.3. The van der Waals surface area contributed by atoms with E-state index < -0.39 is 0 Å². The number of aliphatic hydroxyl groups is 1. The minimum Gasteiger partial charge on any atom is -0.396 e. The summed E-state index contributed by atoms with van der Waals surface area (Å²) in [5.41, 5.74) is 1.96. The molecule has 1 aliphatic heterocycles. The van der Waals surface area contributed by atoms with E-state index in [1.165, 1.54) is 0 Å².